The molecule has 1 aromatic heterocycles. The molecule has 1 aromatic carbocycles. The van der Waals surface area contributed by atoms with E-state index < -0.39 is 0 Å². The largest absolute Gasteiger partial charge is 0.464 e. The van der Waals surface area contributed by atoms with Crippen LogP contribution in [0.2, 0.25) is 0 Å². The SMILES string of the molecule is Cc1ccc([C@H](C)NC(=O)Nc2ccc(N3CCO[C@@H](C)C3)cc2)o1. The van der Waals surface area contributed by atoms with Crippen LogP contribution in [0.25, 0.3) is 0 Å². The summed E-state index contributed by atoms with van der Waals surface area (Å²) in [7, 11) is 0. The standard InChI is InChI=1S/C19H25N3O3/c1-13-4-9-18(25-13)15(3)20-19(23)21-16-5-7-17(8-6-16)22-10-11-24-14(2)12-22/h4-9,14-15H,10-12H2,1-3H3,(H2,20,21,23)/t14-,15-/m0/s1. The fraction of sp³-hybridized carbons (Fsp3) is 0.421. The maximum atomic E-state index is 12.1. The first-order chi connectivity index (χ1) is 12.0. The molecule has 0 unspecified atom stereocenters. The van der Waals surface area contributed by atoms with Gasteiger partial charge in [0.05, 0.1) is 18.8 Å². The van der Waals surface area contributed by atoms with Crippen molar-refractivity contribution in [2.45, 2.75) is 32.9 Å². The van der Waals surface area contributed by atoms with E-state index in [4.69, 9.17) is 9.15 Å². The van der Waals surface area contributed by atoms with E-state index in [1.165, 1.54) is 0 Å². The Morgan fingerprint density at radius 1 is 1.24 bits per heavy atom. The summed E-state index contributed by atoms with van der Waals surface area (Å²) in [4.78, 5) is 14.4. The maximum absolute atomic E-state index is 12.1. The Bertz CT molecular complexity index is 711. The van der Waals surface area contributed by atoms with Crippen LogP contribution in [0.4, 0.5) is 16.2 Å². The van der Waals surface area contributed by atoms with Gasteiger partial charge in [-0.05, 0) is 57.2 Å². The number of hydrogen-bond donors (Lipinski definition) is 2. The molecular weight excluding hydrogens is 318 g/mol. The topological polar surface area (TPSA) is 66.7 Å². The van der Waals surface area contributed by atoms with Crippen molar-refractivity contribution in [1.29, 1.82) is 0 Å². The van der Waals surface area contributed by atoms with E-state index in [1.807, 2.05) is 50.2 Å². The zero-order valence-electron chi connectivity index (χ0n) is 14.9. The van der Waals surface area contributed by atoms with Crippen LogP contribution in [0.5, 0.6) is 0 Å². The summed E-state index contributed by atoms with van der Waals surface area (Å²) in [6, 6.07) is 11.2. The van der Waals surface area contributed by atoms with Gasteiger partial charge in [0.15, 0.2) is 0 Å². The van der Waals surface area contributed by atoms with Crippen molar-refractivity contribution in [3.63, 3.8) is 0 Å². The summed E-state index contributed by atoms with van der Waals surface area (Å²) in [5.41, 5.74) is 1.89. The average Bonchev–Trinajstić information content (AvgIpc) is 3.02. The van der Waals surface area contributed by atoms with Gasteiger partial charge in [-0.1, -0.05) is 0 Å². The van der Waals surface area contributed by atoms with E-state index >= 15 is 0 Å². The van der Waals surface area contributed by atoms with E-state index in [-0.39, 0.29) is 18.2 Å². The molecule has 1 saturated heterocycles. The summed E-state index contributed by atoms with van der Waals surface area (Å²) in [5.74, 6) is 1.57. The van der Waals surface area contributed by atoms with Gasteiger partial charge in [0, 0.05) is 24.5 Å². The highest BCUT2D eigenvalue weighted by Gasteiger charge is 2.17. The number of furan rings is 1. The lowest BCUT2D eigenvalue weighted by atomic mass is 10.2. The van der Waals surface area contributed by atoms with Gasteiger partial charge in [0.2, 0.25) is 0 Å². The van der Waals surface area contributed by atoms with Crippen molar-refractivity contribution in [1.82, 2.24) is 5.32 Å². The minimum Gasteiger partial charge on any atom is -0.464 e. The second kappa shape index (κ2) is 7.61. The first-order valence-corrected chi connectivity index (χ1v) is 8.62. The van der Waals surface area contributed by atoms with Crippen molar-refractivity contribution in [3.05, 3.63) is 47.9 Å². The van der Waals surface area contributed by atoms with Gasteiger partial charge in [-0.25, -0.2) is 4.79 Å². The smallest absolute Gasteiger partial charge is 0.319 e. The molecule has 1 aliphatic heterocycles. The third kappa shape index (κ3) is 4.54. The van der Waals surface area contributed by atoms with Crippen LogP contribution < -0.4 is 15.5 Å². The van der Waals surface area contributed by atoms with E-state index in [0.717, 1.165) is 42.6 Å². The first-order valence-electron chi connectivity index (χ1n) is 8.62. The number of anilines is 2. The monoisotopic (exact) mass is 343 g/mol. The number of nitrogens with one attached hydrogen (secondary N) is 2. The van der Waals surface area contributed by atoms with Crippen molar-refractivity contribution in [2.24, 2.45) is 0 Å². The molecule has 2 heterocycles. The Morgan fingerprint density at radius 3 is 2.64 bits per heavy atom. The van der Waals surface area contributed by atoms with E-state index in [9.17, 15) is 4.79 Å². The quantitative estimate of drug-likeness (QED) is 0.888. The van der Waals surface area contributed by atoms with Crippen LogP contribution in [-0.2, 0) is 4.74 Å². The number of benzene rings is 1. The van der Waals surface area contributed by atoms with E-state index in [0.29, 0.717) is 0 Å². The second-order valence-electron chi connectivity index (χ2n) is 6.44. The highest BCUT2D eigenvalue weighted by Crippen LogP contribution is 2.21. The fourth-order valence-electron chi connectivity index (χ4n) is 2.93. The van der Waals surface area contributed by atoms with Crippen LogP contribution in [0.1, 0.15) is 31.4 Å². The molecule has 0 saturated carbocycles. The molecule has 6 heteroatoms. The molecule has 2 aromatic rings. The highest BCUT2D eigenvalue weighted by atomic mass is 16.5. The molecule has 0 radical (unpaired) electrons. The number of aryl methyl sites for hydroxylation is 1. The van der Waals surface area contributed by atoms with Gasteiger partial charge in [0.1, 0.15) is 11.5 Å². The lowest BCUT2D eigenvalue weighted by Crippen LogP contribution is -2.41. The Balaban J connectivity index is 1.54. The highest BCUT2D eigenvalue weighted by molar-refractivity contribution is 5.89. The summed E-state index contributed by atoms with van der Waals surface area (Å²) < 4.78 is 11.1. The predicted octanol–water partition coefficient (Wildman–Crippen LogP) is 3.70. The number of urea groups is 1. The van der Waals surface area contributed by atoms with Crippen LogP contribution >= 0.6 is 0 Å². The summed E-state index contributed by atoms with van der Waals surface area (Å²) in [6.07, 6.45) is 0.240. The Morgan fingerprint density at radius 2 is 2.00 bits per heavy atom. The van der Waals surface area contributed by atoms with Crippen LogP contribution in [0, 0.1) is 6.92 Å². The number of ether oxygens (including phenoxy) is 1. The molecule has 0 spiro atoms. The molecule has 0 bridgehead atoms. The number of nitrogens with zero attached hydrogens (tertiary/aromatic N) is 1. The van der Waals surface area contributed by atoms with Crippen LogP contribution in [0.15, 0.2) is 40.8 Å². The van der Waals surface area contributed by atoms with Gasteiger partial charge in [0.25, 0.3) is 0 Å². The molecule has 134 valence electrons. The normalized spacial score (nSPS) is 18.7. The Kier molecular flexibility index (Phi) is 5.28. The second-order valence-corrected chi connectivity index (χ2v) is 6.44. The minimum atomic E-state index is -0.255. The summed E-state index contributed by atoms with van der Waals surface area (Å²) >= 11 is 0. The Labute approximate surface area is 148 Å². The third-order valence-electron chi connectivity index (χ3n) is 4.27. The van der Waals surface area contributed by atoms with Crippen molar-refractivity contribution in [3.8, 4) is 0 Å². The van der Waals surface area contributed by atoms with Gasteiger partial charge in [-0.3, -0.25) is 0 Å². The lowest BCUT2D eigenvalue weighted by molar-refractivity contribution is 0.0532. The van der Waals surface area contributed by atoms with Gasteiger partial charge in [-0.2, -0.15) is 0 Å². The summed E-state index contributed by atoms with van der Waals surface area (Å²) in [5, 5.41) is 5.72. The van der Waals surface area contributed by atoms with Crippen molar-refractivity contribution >= 4 is 17.4 Å². The number of carbonyl (C=O) groups is 1. The third-order valence-corrected chi connectivity index (χ3v) is 4.27. The van der Waals surface area contributed by atoms with Crippen molar-refractivity contribution in [2.75, 3.05) is 29.9 Å². The number of carbonyl (C=O) groups excluding carboxylic acids is 1. The average molecular weight is 343 g/mol. The van der Waals surface area contributed by atoms with E-state index in [1.54, 1.807) is 0 Å². The molecule has 2 amide bonds. The number of morpholine rings is 1. The summed E-state index contributed by atoms with van der Waals surface area (Å²) in [6.45, 7) is 8.36. The van der Waals surface area contributed by atoms with Gasteiger partial charge < -0.3 is 24.7 Å². The fourth-order valence-corrected chi connectivity index (χ4v) is 2.93. The molecule has 2 atom stereocenters. The first kappa shape index (κ1) is 17.4. The zero-order valence-corrected chi connectivity index (χ0v) is 14.9. The number of amides is 2. The van der Waals surface area contributed by atoms with Crippen LogP contribution in [0.3, 0.4) is 0 Å². The van der Waals surface area contributed by atoms with Gasteiger partial charge in [-0.15, -0.1) is 0 Å². The van der Waals surface area contributed by atoms with Crippen LogP contribution in [-0.4, -0.2) is 31.8 Å². The maximum Gasteiger partial charge on any atom is 0.319 e. The Hall–Kier alpha value is -2.47. The zero-order chi connectivity index (χ0) is 17.8. The van der Waals surface area contributed by atoms with Gasteiger partial charge >= 0.3 is 6.03 Å². The molecule has 6 nitrogen and oxygen atoms in total. The van der Waals surface area contributed by atoms with E-state index in [2.05, 4.69) is 22.5 Å². The molecule has 3 rings (SSSR count). The molecular formula is C19H25N3O3. The van der Waals surface area contributed by atoms with Crippen molar-refractivity contribution < 1.29 is 13.9 Å². The molecule has 0 aliphatic carbocycles. The predicted molar refractivity (Wildman–Crippen MR) is 98.1 cm³/mol. The molecule has 2 N–H and O–H groups in total. The molecule has 1 fully saturated rings. The number of hydrogen-bond acceptors (Lipinski definition) is 4. The molecule has 1 aliphatic rings. The molecule has 25 heavy (non-hydrogen) atoms. The minimum absolute atomic E-state index is 0.192. The lowest BCUT2D eigenvalue weighted by Gasteiger charge is -2.33. The number of rotatable bonds is 4.